The molecule has 7 nitrogen and oxygen atoms in total. The fourth-order valence-electron chi connectivity index (χ4n) is 0.875. The molecule has 1 aromatic rings. The second-order valence-corrected chi connectivity index (χ2v) is 2.22. The predicted octanol–water partition coefficient (Wildman–Crippen LogP) is 1.67. The molecule has 1 rings (SSSR count). The Morgan fingerprint density at radius 3 is 2.36 bits per heavy atom. The molecule has 70 valence electrons. The van der Waals surface area contributed by atoms with E-state index in [9.17, 15) is 15.3 Å². The van der Waals surface area contributed by atoms with E-state index in [1.54, 1.807) is 0 Å². The second-order valence-electron chi connectivity index (χ2n) is 2.22. The van der Waals surface area contributed by atoms with Gasteiger partial charge in [-0.2, -0.15) is 5.26 Å². The van der Waals surface area contributed by atoms with Crippen molar-refractivity contribution in [2.24, 2.45) is 5.11 Å². The van der Waals surface area contributed by atoms with Gasteiger partial charge >= 0.3 is 11.4 Å². The Kier molecular flexibility index (Phi) is 2.71. The Morgan fingerprint density at radius 2 is 1.86 bits per heavy atom. The minimum atomic E-state index is -0.715. The highest BCUT2D eigenvalue weighted by atomic mass is 16.6. The summed E-state index contributed by atoms with van der Waals surface area (Å²) >= 11 is 0. The van der Waals surface area contributed by atoms with E-state index in [0.29, 0.717) is 0 Å². The lowest BCUT2D eigenvalue weighted by Crippen LogP contribution is -1.96. The van der Waals surface area contributed by atoms with Crippen LogP contribution in [0.4, 0.5) is 11.4 Å². The van der Waals surface area contributed by atoms with E-state index >= 15 is 0 Å². The first kappa shape index (κ1) is 9.60. The molecule has 14 heavy (non-hydrogen) atoms. The molecule has 0 unspecified atom stereocenters. The van der Waals surface area contributed by atoms with Crippen molar-refractivity contribution in [2.75, 3.05) is 0 Å². The topological polar surface area (TPSA) is 105 Å². The lowest BCUT2D eigenvalue weighted by molar-refractivity contribution is -0.454. The van der Waals surface area contributed by atoms with Gasteiger partial charge in [-0.1, -0.05) is 12.1 Å². The number of benzene rings is 1. The maximum atomic E-state index is 11.0. The predicted molar refractivity (Wildman–Crippen MR) is 44.4 cm³/mol. The fourth-order valence-corrected chi connectivity index (χ4v) is 0.875. The van der Waals surface area contributed by atoms with Gasteiger partial charge in [0.05, 0.1) is 10.0 Å². The van der Waals surface area contributed by atoms with Crippen molar-refractivity contribution in [1.82, 2.24) is 0 Å². The molecule has 0 heterocycles. The molecule has 0 aliphatic carbocycles. The minimum Gasteiger partial charge on any atom is -0.593 e. The molecule has 7 heteroatoms. The third kappa shape index (κ3) is 1.81. The van der Waals surface area contributed by atoms with Crippen LogP contribution in [-0.2, 0) is 0 Å². The van der Waals surface area contributed by atoms with Crippen molar-refractivity contribution in [3.05, 3.63) is 39.6 Å². The average Bonchev–Trinajstić information content (AvgIpc) is 2.18. The molecule has 0 fully saturated rings. The first-order valence-corrected chi connectivity index (χ1v) is 3.47. The Morgan fingerprint density at radius 1 is 1.29 bits per heavy atom. The molecular formula is C7H4N4O3. The van der Waals surface area contributed by atoms with Crippen molar-refractivity contribution in [2.45, 2.75) is 0 Å². The summed E-state index contributed by atoms with van der Waals surface area (Å²) in [4.78, 5) is 9.65. The highest BCUT2D eigenvalue weighted by Gasteiger charge is 2.20. The average molecular weight is 192 g/mol. The molecule has 0 saturated carbocycles. The highest BCUT2D eigenvalue weighted by molar-refractivity contribution is 5.51. The number of nitrogens with zero attached hydrogens (tertiary/aromatic N) is 4. The van der Waals surface area contributed by atoms with Crippen molar-refractivity contribution in [3.63, 3.8) is 0 Å². The molecule has 0 saturated heterocycles. The molecule has 0 aliphatic heterocycles. The molecule has 0 amide bonds. The molecule has 1 aromatic carbocycles. The van der Waals surface area contributed by atoms with Gasteiger partial charge in [0, 0.05) is 12.1 Å². The smallest absolute Gasteiger partial charge is 0.343 e. The maximum absolute atomic E-state index is 11.0. The SMILES string of the molecule is N#CN=[N+]([O-])c1ccccc1[N+](=O)[O-]. The van der Waals surface area contributed by atoms with Gasteiger partial charge in [0.15, 0.2) is 0 Å². The van der Waals surface area contributed by atoms with E-state index in [2.05, 4.69) is 5.11 Å². The summed E-state index contributed by atoms with van der Waals surface area (Å²) in [7, 11) is 0. The number of azo groups is 1. The summed E-state index contributed by atoms with van der Waals surface area (Å²) < 4.78 is 0. The van der Waals surface area contributed by atoms with Gasteiger partial charge in [-0.25, -0.2) is 0 Å². The third-order valence-corrected chi connectivity index (χ3v) is 1.42. The molecule has 0 bridgehead atoms. The van der Waals surface area contributed by atoms with Crippen LogP contribution in [-0.4, -0.2) is 9.78 Å². The zero-order valence-electron chi connectivity index (χ0n) is 6.82. The van der Waals surface area contributed by atoms with Crippen LogP contribution in [0.5, 0.6) is 0 Å². The Labute approximate surface area is 78.2 Å². The van der Waals surface area contributed by atoms with Gasteiger partial charge in [-0.05, 0) is 4.86 Å². The Bertz CT molecular complexity index is 435. The van der Waals surface area contributed by atoms with Crippen LogP contribution in [0.25, 0.3) is 0 Å². The third-order valence-electron chi connectivity index (χ3n) is 1.42. The van der Waals surface area contributed by atoms with Gasteiger partial charge in [-0.3, -0.25) is 10.1 Å². The van der Waals surface area contributed by atoms with Gasteiger partial charge in [0.25, 0.3) is 6.19 Å². The van der Waals surface area contributed by atoms with Crippen molar-refractivity contribution >= 4 is 11.4 Å². The van der Waals surface area contributed by atoms with Gasteiger partial charge in [-0.15, -0.1) is 0 Å². The number of nitro groups is 1. The Hall–Kier alpha value is -2.49. The number of hydrogen-bond acceptors (Lipinski definition) is 5. The molecule has 0 aliphatic rings. The maximum Gasteiger partial charge on any atom is 0.343 e. The van der Waals surface area contributed by atoms with E-state index in [0.717, 1.165) is 6.07 Å². The van der Waals surface area contributed by atoms with E-state index in [-0.39, 0.29) is 16.2 Å². The number of rotatable bonds is 2. The lowest BCUT2D eigenvalue weighted by atomic mass is 10.3. The quantitative estimate of drug-likeness (QED) is 0.233. The molecule has 0 aromatic heterocycles. The summed E-state index contributed by atoms with van der Waals surface area (Å²) in [5, 5.41) is 32.4. The Balaban J connectivity index is 3.28. The van der Waals surface area contributed by atoms with Crippen molar-refractivity contribution < 1.29 is 9.78 Å². The normalized spacial score (nSPS) is 10.6. The minimum absolute atomic E-state index is 0.0852. The van der Waals surface area contributed by atoms with E-state index < -0.39 is 4.92 Å². The zero-order valence-corrected chi connectivity index (χ0v) is 6.82. The number of nitro benzene ring substituents is 1. The van der Waals surface area contributed by atoms with Gasteiger partial charge in [0.1, 0.15) is 0 Å². The monoisotopic (exact) mass is 192 g/mol. The van der Waals surface area contributed by atoms with Crippen LogP contribution < -0.4 is 0 Å². The van der Waals surface area contributed by atoms with Crippen molar-refractivity contribution in [1.29, 1.82) is 5.26 Å². The zero-order chi connectivity index (χ0) is 10.6. The van der Waals surface area contributed by atoms with Crippen LogP contribution in [0, 0.1) is 26.8 Å². The second kappa shape index (κ2) is 3.95. The standard InChI is InChI=1S/C7H4N4O3/c8-5-9-10(12)6-3-1-2-4-7(6)11(13)14/h1-4H. The van der Waals surface area contributed by atoms with Gasteiger partial charge in [0.2, 0.25) is 0 Å². The fraction of sp³-hybridized carbons (Fsp3) is 0. The van der Waals surface area contributed by atoms with E-state index in [4.69, 9.17) is 5.26 Å². The van der Waals surface area contributed by atoms with E-state index in [1.807, 2.05) is 0 Å². The van der Waals surface area contributed by atoms with Gasteiger partial charge < -0.3 is 5.21 Å². The van der Waals surface area contributed by atoms with Crippen LogP contribution in [0.15, 0.2) is 29.4 Å². The molecule has 0 spiro atoms. The van der Waals surface area contributed by atoms with Crippen LogP contribution in [0.2, 0.25) is 0 Å². The summed E-state index contributed by atoms with van der Waals surface area (Å²) in [6.45, 7) is 0. The number of nitriles is 1. The lowest BCUT2D eigenvalue weighted by Gasteiger charge is -1.97. The van der Waals surface area contributed by atoms with Crippen LogP contribution in [0.3, 0.4) is 0 Å². The molecule has 0 radical (unpaired) electrons. The largest absolute Gasteiger partial charge is 0.593 e. The molecular weight excluding hydrogens is 188 g/mol. The van der Waals surface area contributed by atoms with Crippen LogP contribution >= 0.6 is 0 Å². The number of hydrogen-bond donors (Lipinski definition) is 0. The van der Waals surface area contributed by atoms with Crippen molar-refractivity contribution in [3.8, 4) is 6.19 Å². The molecule has 0 N–H and O–H groups in total. The summed E-state index contributed by atoms with van der Waals surface area (Å²) in [6.07, 6.45) is 1.25. The highest BCUT2D eigenvalue weighted by Crippen LogP contribution is 2.25. The first-order chi connectivity index (χ1) is 6.66. The summed E-state index contributed by atoms with van der Waals surface area (Å²) in [5.41, 5.74) is -0.652. The van der Waals surface area contributed by atoms with Crippen LogP contribution in [0.1, 0.15) is 0 Å². The first-order valence-electron chi connectivity index (χ1n) is 3.47. The number of para-hydroxylation sites is 2. The molecule has 0 atom stereocenters. The summed E-state index contributed by atoms with van der Waals surface area (Å²) in [6, 6.07) is 5.24. The summed E-state index contributed by atoms with van der Waals surface area (Å²) in [5.74, 6) is 0. The van der Waals surface area contributed by atoms with E-state index in [1.165, 1.54) is 24.4 Å².